The van der Waals surface area contributed by atoms with E-state index >= 15 is 0 Å². The lowest BCUT2D eigenvalue weighted by Crippen LogP contribution is -2.45. The molecule has 1 aromatic heterocycles. The number of rotatable bonds is 6. The number of aromatic nitrogens is 1. The van der Waals surface area contributed by atoms with Crippen molar-refractivity contribution in [3.8, 4) is 0 Å². The maximum absolute atomic E-state index is 13.3. The molecule has 6 heteroatoms. The molecule has 0 saturated carbocycles. The molecule has 1 aromatic carbocycles. The molecule has 4 rings (SSSR count). The van der Waals surface area contributed by atoms with E-state index in [1.165, 1.54) is 11.3 Å². The van der Waals surface area contributed by atoms with E-state index in [4.69, 9.17) is 0 Å². The van der Waals surface area contributed by atoms with Crippen molar-refractivity contribution >= 4 is 17.5 Å². The quantitative estimate of drug-likeness (QED) is 0.716. The van der Waals surface area contributed by atoms with Gasteiger partial charge >= 0.3 is 0 Å². The van der Waals surface area contributed by atoms with E-state index in [1.54, 1.807) is 0 Å². The van der Waals surface area contributed by atoms with Gasteiger partial charge in [0.05, 0.1) is 6.04 Å². The lowest BCUT2D eigenvalue weighted by atomic mass is 10.00. The predicted octanol–water partition coefficient (Wildman–Crippen LogP) is 4.28. The lowest BCUT2D eigenvalue weighted by molar-refractivity contribution is -0.122. The molecule has 176 valence electrons. The average molecular weight is 449 g/mol. The van der Waals surface area contributed by atoms with Gasteiger partial charge in [0.1, 0.15) is 0 Å². The summed E-state index contributed by atoms with van der Waals surface area (Å²) in [6.45, 7) is 7.98. The van der Waals surface area contributed by atoms with Gasteiger partial charge in [-0.15, -0.1) is 0 Å². The molecule has 0 radical (unpaired) electrons. The summed E-state index contributed by atoms with van der Waals surface area (Å²) in [4.78, 5) is 34.2. The van der Waals surface area contributed by atoms with Gasteiger partial charge in [0.2, 0.25) is 5.91 Å². The first-order valence-electron chi connectivity index (χ1n) is 12.2. The Hall–Kier alpha value is -2.89. The number of fused-ring (bicyclic) bond motifs is 1. The lowest BCUT2D eigenvalue weighted by Gasteiger charge is -2.38. The molecule has 33 heavy (non-hydrogen) atoms. The number of amides is 2. The second kappa shape index (κ2) is 9.94. The third kappa shape index (κ3) is 5.37. The molecule has 2 aliphatic rings. The van der Waals surface area contributed by atoms with E-state index in [1.807, 2.05) is 37.2 Å². The average Bonchev–Trinajstić information content (AvgIpc) is 3.19. The molecule has 2 aromatic rings. The van der Waals surface area contributed by atoms with Gasteiger partial charge in [-0.2, -0.15) is 0 Å². The second-order valence-electron chi connectivity index (χ2n) is 9.96. The molecule has 1 aliphatic carbocycles. The van der Waals surface area contributed by atoms with Crippen molar-refractivity contribution in [3.63, 3.8) is 0 Å². The van der Waals surface area contributed by atoms with Gasteiger partial charge in [-0.25, -0.2) is 0 Å². The Bertz CT molecular complexity index is 1010. The fourth-order valence-corrected chi connectivity index (χ4v) is 5.12. The Labute approximate surface area is 197 Å². The van der Waals surface area contributed by atoms with Crippen LogP contribution in [-0.4, -0.2) is 47.9 Å². The van der Waals surface area contributed by atoms with E-state index in [0.717, 1.165) is 50.0 Å². The van der Waals surface area contributed by atoms with E-state index in [2.05, 4.69) is 47.2 Å². The van der Waals surface area contributed by atoms with Crippen molar-refractivity contribution in [2.45, 2.75) is 65.0 Å². The zero-order valence-corrected chi connectivity index (χ0v) is 20.3. The van der Waals surface area contributed by atoms with Crippen LogP contribution in [-0.2, 0) is 11.2 Å². The van der Waals surface area contributed by atoms with E-state index in [-0.39, 0.29) is 23.9 Å². The Morgan fingerprint density at radius 2 is 1.91 bits per heavy atom. The van der Waals surface area contributed by atoms with Crippen LogP contribution in [0.2, 0.25) is 0 Å². The van der Waals surface area contributed by atoms with Gasteiger partial charge in [0.15, 0.2) is 0 Å². The number of carbonyl (C=O) groups is 2. The van der Waals surface area contributed by atoms with Crippen LogP contribution in [0.25, 0.3) is 0 Å². The normalized spacial score (nSPS) is 18.3. The molecular weight excluding hydrogens is 412 g/mol. The van der Waals surface area contributed by atoms with Gasteiger partial charge < -0.3 is 15.1 Å². The highest BCUT2D eigenvalue weighted by Gasteiger charge is 2.29. The third-order valence-corrected chi connectivity index (χ3v) is 6.98. The third-order valence-electron chi connectivity index (χ3n) is 6.98. The number of hydrogen-bond acceptors (Lipinski definition) is 4. The summed E-state index contributed by atoms with van der Waals surface area (Å²) in [6.07, 6.45) is 6.13. The number of nitrogens with one attached hydrogen (secondary N) is 1. The van der Waals surface area contributed by atoms with Crippen LogP contribution in [0.15, 0.2) is 36.5 Å². The van der Waals surface area contributed by atoms with Gasteiger partial charge in [-0.1, -0.05) is 19.9 Å². The minimum atomic E-state index is 0.0105. The van der Waals surface area contributed by atoms with Crippen molar-refractivity contribution in [3.05, 3.63) is 58.9 Å². The van der Waals surface area contributed by atoms with Crippen molar-refractivity contribution < 1.29 is 9.59 Å². The van der Waals surface area contributed by atoms with Crippen LogP contribution in [0.4, 0.5) is 5.69 Å². The molecule has 2 amide bonds. The smallest absolute Gasteiger partial charge is 0.253 e. The Balaban J connectivity index is 1.39. The summed E-state index contributed by atoms with van der Waals surface area (Å²) in [5, 5.41) is 3.18. The SMILES string of the molecule is Cc1cc(N2CCC(N(C)C(=O)c3ccc4c(c3)[C@H](NC(=O)CC(C)C)CC4)CC2)ccn1. The van der Waals surface area contributed by atoms with Crippen molar-refractivity contribution in [2.75, 3.05) is 25.0 Å². The van der Waals surface area contributed by atoms with Gasteiger partial charge in [-0.05, 0) is 73.9 Å². The van der Waals surface area contributed by atoms with Crippen LogP contribution < -0.4 is 10.2 Å². The zero-order valence-electron chi connectivity index (χ0n) is 20.3. The topological polar surface area (TPSA) is 65.5 Å². The van der Waals surface area contributed by atoms with Crippen LogP contribution in [0.1, 0.15) is 72.8 Å². The van der Waals surface area contributed by atoms with Crippen LogP contribution in [0.5, 0.6) is 0 Å². The highest BCUT2D eigenvalue weighted by molar-refractivity contribution is 5.94. The molecule has 6 nitrogen and oxygen atoms in total. The van der Waals surface area contributed by atoms with E-state index < -0.39 is 0 Å². The largest absolute Gasteiger partial charge is 0.371 e. The molecule has 1 aliphatic heterocycles. The summed E-state index contributed by atoms with van der Waals surface area (Å²) in [7, 11) is 1.92. The number of carbonyl (C=O) groups excluding carboxylic acids is 2. The predicted molar refractivity (Wildman–Crippen MR) is 131 cm³/mol. The number of nitrogens with zero attached hydrogens (tertiary/aromatic N) is 3. The number of piperidine rings is 1. The van der Waals surface area contributed by atoms with Gasteiger partial charge in [-0.3, -0.25) is 14.6 Å². The number of aryl methyl sites for hydroxylation is 2. The van der Waals surface area contributed by atoms with Crippen LogP contribution >= 0.6 is 0 Å². The summed E-state index contributed by atoms with van der Waals surface area (Å²) in [5.41, 5.74) is 5.30. The highest BCUT2D eigenvalue weighted by atomic mass is 16.2. The van der Waals surface area contributed by atoms with Crippen molar-refractivity contribution in [2.24, 2.45) is 5.92 Å². The monoisotopic (exact) mass is 448 g/mol. The summed E-state index contributed by atoms with van der Waals surface area (Å²) in [6, 6.07) is 10.4. The maximum Gasteiger partial charge on any atom is 0.253 e. The fourth-order valence-electron chi connectivity index (χ4n) is 5.12. The molecule has 0 unspecified atom stereocenters. The molecule has 1 N–H and O–H groups in total. The number of benzene rings is 1. The Morgan fingerprint density at radius 3 is 2.61 bits per heavy atom. The standard InChI is InChI=1S/C27H36N4O2/c1-18(2)15-26(32)29-25-8-7-20-5-6-21(17-24(20)25)27(33)30(4)22-10-13-31(14-11-22)23-9-12-28-19(3)16-23/h5-6,9,12,16-18,22,25H,7-8,10-11,13-15H2,1-4H3,(H,29,32)/t25-/m1/s1. The summed E-state index contributed by atoms with van der Waals surface area (Å²) < 4.78 is 0. The molecule has 2 heterocycles. The first-order valence-corrected chi connectivity index (χ1v) is 12.2. The molecule has 1 fully saturated rings. The Morgan fingerprint density at radius 1 is 1.15 bits per heavy atom. The minimum absolute atomic E-state index is 0.0105. The summed E-state index contributed by atoms with van der Waals surface area (Å²) in [5.74, 6) is 0.490. The number of hydrogen-bond donors (Lipinski definition) is 1. The minimum Gasteiger partial charge on any atom is -0.371 e. The van der Waals surface area contributed by atoms with Gasteiger partial charge in [0, 0.05) is 55.7 Å². The highest BCUT2D eigenvalue weighted by Crippen LogP contribution is 2.33. The zero-order chi connectivity index (χ0) is 23.5. The maximum atomic E-state index is 13.3. The molecule has 1 atom stereocenters. The van der Waals surface area contributed by atoms with Crippen LogP contribution in [0.3, 0.4) is 0 Å². The van der Waals surface area contributed by atoms with Crippen molar-refractivity contribution in [1.82, 2.24) is 15.2 Å². The Kier molecular flexibility index (Phi) is 7.01. The molecule has 0 spiro atoms. The summed E-state index contributed by atoms with van der Waals surface area (Å²) >= 11 is 0. The molecular formula is C27H36N4O2. The number of pyridine rings is 1. The first-order chi connectivity index (χ1) is 15.8. The second-order valence-corrected chi connectivity index (χ2v) is 9.96. The first kappa shape index (κ1) is 23.3. The van der Waals surface area contributed by atoms with E-state index in [0.29, 0.717) is 17.9 Å². The van der Waals surface area contributed by atoms with Gasteiger partial charge in [0.25, 0.3) is 5.91 Å². The van der Waals surface area contributed by atoms with E-state index in [9.17, 15) is 9.59 Å². The molecule has 1 saturated heterocycles. The number of anilines is 1. The fraction of sp³-hybridized carbons (Fsp3) is 0.519. The van der Waals surface area contributed by atoms with Crippen molar-refractivity contribution in [1.29, 1.82) is 0 Å². The van der Waals surface area contributed by atoms with Crippen LogP contribution in [0, 0.1) is 12.8 Å². The molecule has 0 bridgehead atoms.